The highest BCUT2D eigenvalue weighted by molar-refractivity contribution is 7.48. The van der Waals surface area contributed by atoms with Gasteiger partial charge in [-0.15, -0.1) is 0 Å². The Labute approximate surface area is 92.6 Å². The normalized spacial score (nSPS) is 13.2. The van der Waals surface area contributed by atoms with Gasteiger partial charge in [-0.2, -0.15) is 5.48 Å². The van der Waals surface area contributed by atoms with Crippen molar-refractivity contribution in [3.05, 3.63) is 29.7 Å². The second-order valence-electron chi connectivity index (χ2n) is 3.23. The second-order valence-corrected chi connectivity index (χ2v) is 4.50. The summed E-state index contributed by atoms with van der Waals surface area (Å²) >= 11 is 0. The molecule has 0 bridgehead atoms. The zero-order valence-electron chi connectivity index (χ0n) is 8.61. The van der Waals surface area contributed by atoms with Crippen molar-refractivity contribution < 1.29 is 13.5 Å². The third-order valence-corrected chi connectivity index (χ3v) is 2.37. The van der Waals surface area contributed by atoms with Crippen molar-refractivity contribution in [2.24, 2.45) is 5.50 Å². The highest BCUT2D eigenvalue weighted by atomic mass is 31.2. The van der Waals surface area contributed by atoms with E-state index in [4.69, 9.17) is 14.7 Å². The summed E-state index contributed by atoms with van der Waals surface area (Å²) in [5, 5.41) is 4.57. The Morgan fingerprint density at radius 2 is 2.44 bits per heavy atom. The van der Waals surface area contributed by atoms with Crippen LogP contribution in [0.3, 0.4) is 0 Å². The van der Waals surface area contributed by atoms with Crippen LogP contribution in [0.5, 0.6) is 0 Å². The fraction of sp³-hybridized carbons (Fsp3) is 0.222. The van der Waals surface area contributed by atoms with Crippen molar-refractivity contribution in [1.82, 2.24) is 10.6 Å². The lowest BCUT2D eigenvalue weighted by molar-refractivity contribution is 0.214. The molecule has 2 aromatic rings. The summed E-state index contributed by atoms with van der Waals surface area (Å²) in [5.41, 5.74) is 9.21. The number of hydroxylamine groups is 1. The third kappa shape index (κ3) is 2.54. The number of fused-ring (bicyclic) bond motifs is 1. The molecule has 1 aromatic carbocycles. The lowest BCUT2D eigenvalue weighted by Gasteiger charge is -2.05. The number of hydrogen-bond acceptors (Lipinski definition) is 5. The number of halogens is 1. The van der Waals surface area contributed by atoms with Crippen molar-refractivity contribution in [2.45, 2.75) is 6.54 Å². The summed E-state index contributed by atoms with van der Waals surface area (Å²) < 4.78 is 22.9. The molecule has 0 aliphatic rings. The first-order chi connectivity index (χ1) is 7.66. The number of benzene rings is 1. The highest BCUT2D eigenvalue weighted by Gasteiger charge is 2.08. The van der Waals surface area contributed by atoms with Crippen molar-refractivity contribution >= 4 is 19.3 Å². The number of aromatic nitrogens is 1. The van der Waals surface area contributed by atoms with Gasteiger partial charge >= 0.3 is 0 Å². The van der Waals surface area contributed by atoms with Crippen LogP contribution in [0.15, 0.2) is 22.7 Å². The minimum Gasteiger partial charge on any atom is -0.356 e. The molecule has 2 rings (SSSR count). The second kappa shape index (κ2) is 4.84. The molecule has 1 unspecified atom stereocenters. The predicted molar refractivity (Wildman–Crippen MR) is 58.9 cm³/mol. The van der Waals surface area contributed by atoms with E-state index in [2.05, 4.69) is 10.6 Å². The van der Waals surface area contributed by atoms with E-state index >= 15 is 0 Å². The fourth-order valence-electron chi connectivity index (χ4n) is 1.29. The first-order valence-electron chi connectivity index (χ1n) is 4.59. The molecule has 1 atom stereocenters. The van der Waals surface area contributed by atoms with Gasteiger partial charge in [0, 0.05) is 11.5 Å². The largest absolute Gasteiger partial charge is 0.356 e. The van der Waals surface area contributed by atoms with Crippen LogP contribution in [0, 0.1) is 5.82 Å². The van der Waals surface area contributed by atoms with E-state index in [9.17, 15) is 4.39 Å². The van der Waals surface area contributed by atoms with Gasteiger partial charge in [-0.25, -0.2) is 4.39 Å². The zero-order chi connectivity index (χ0) is 11.5. The molecule has 16 heavy (non-hydrogen) atoms. The quantitative estimate of drug-likeness (QED) is 0.633. The topological polar surface area (TPSA) is 73.3 Å². The van der Waals surface area contributed by atoms with E-state index in [0.29, 0.717) is 17.8 Å². The Morgan fingerprint density at radius 1 is 1.62 bits per heavy atom. The molecule has 0 saturated heterocycles. The van der Waals surface area contributed by atoms with Crippen molar-refractivity contribution in [3.63, 3.8) is 0 Å². The predicted octanol–water partition coefficient (Wildman–Crippen LogP) is 1.89. The van der Waals surface area contributed by atoms with Crippen LogP contribution in [0.25, 0.3) is 11.0 Å². The van der Waals surface area contributed by atoms with Crippen LogP contribution in [0.2, 0.25) is 0 Å². The lowest BCUT2D eigenvalue weighted by Crippen LogP contribution is -2.13. The van der Waals surface area contributed by atoms with Crippen LogP contribution in [-0.2, 0) is 11.2 Å². The molecule has 1 aromatic heterocycles. The van der Waals surface area contributed by atoms with Gasteiger partial charge in [-0.3, -0.25) is 10.1 Å². The average Bonchev–Trinajstić information content (AvgIpc) is 2.60. The molecule has 0 fully saturated rings. The van der Waals surface area contributed by atoms with Gasteiger partial charge in [0.1, 0.15) is 19.8 Å². The van der Waals surface area contributed by atoms with Gasteiger partial charge in [0.05, 0.1) is 6.54 Å². The van der Waals surface area contributed by atoms with Gasteiger partial charge in [0.2, 0.25) is 0 Å². The molecule has 0 radical (unpaired) electrons. The summed E-state index contributed by atoms with van der Waals surface area (Å²) in [6.07, 6.45) is 0. The van der Waals surface area contributed by atoms with Crippen molar-refractivity contribution in [1.29, 1.82) is 0 Å². The SMILES string of the molecule is CP(N)ONCc1noc2cc(F)ccc12. The molecule has 3 N–H and O–H groups in total. The zero-order valence-corrected chi connectivity index (χ0v) is 9.50. The van der Waals surface area contributed by atoms with Crippen molar-refractivity contribution in [3.8, 4) is 0 Å². The molecule has 86 valence electrons. The lowest BCUT2D eigenvalue weighted by atomic mass is 10.2. The molecule has 5 nitrogen and oxygen atoms in total. The van der Waals surface area contributed by atoms with Crippen LogP contribution in [0.1, 0.15) is 5.69 Å². The van der Waals surface area contributed by atoms with E-state index in [-0.39, 0.29) is 5.82 Å². The summed E-state index contributed by atoms with van der Waals surface area (Å²) in [7, 11) is -0.960. The summed E-state index contributed by atoms with van der Waals surface area (Å²) in [4.78, 5) is 0. The first-order valence-corrected chi connectivity index (χ1v) is 6.36. The summed E-state index contributed by atoms with van der Waals surface area (Å²) in [6, 6.07) is 4.28. The van der Waals surface area contributed by atoms with E-state index < -0.39 is 8.30 Å². The molecular weight excluding hydrogens is 232 g/mol. The molecular formula is C9H11FN3O2P. The smallest absolute Gasteiger partial charge is 0.170 e. The third-order valence-electron chi connectivity index (χ3n) is 1.96. The molecule has 1 heterocycles. The number of rotatable bonds is 4. The molecule has 0 aliphatic heterocycles. The minimum absolute atomic E-state index is 0.349. The minimum atomic E-state index is -0.960. The van der Waals surface area contributed by atoms with Gasteiger partial charge < -0.3 is 4.52 Å². The van der Waals surface area contributed by atoms with Crippen LogP contribution < -0.4 is 11.0 Å². The standard InChI is InChI=1S/C9H11FN3O2P/c1-16(11)15-12-5-8-7-3-2-6(10)4-9(7)14-13-8/h2-4,12H,5,11H2,1H3. The Balaban J connectivity index is 2.13. The maximum atomic E-state index is 12.9. The van der Waals surface area contributed by atoms with Gasteiger partial charge in [-0.1, -0.05) is 5.16 Å². The fourth-order valence-corrected chi connectivity index (χ4v) is 1.56. The average molecular weight is 243 g/mol. The van der Waals surface area contributed by atoms with E-state index in [1.807, 2.05) is 0 Å². The molecule has 0 aliphatic carbocycles. The van der Waals surface area contributed by atoms with Gasteiger partial charge in [0.15, 0.2) is 5.58 Å². The Hall–Kier alpha value is -1.07. The highest BCUT2D eigenvalue weighted by Crippen LogP contribution is 2.21. The van der Waals surface area contributed by atoms with E-state index in [0.717, 1.165) is 5.39 Å². The first kappa shape index (κ1) is 11.4. The molecule has 0 spiro atoms. The van der Waals surface area contributed by atoms with Crippen LogP contribution in [0.4, 0.5) is 4.39 Å². The van der Waals surface area contributed by atoms with E-state index in [1.165, 1.54) is 12.1 Å². The Kier molecular flexibility index (Phi) is 3.46. The number of nitrogens with zero attached hydrogens (tertiary/aromatic N) is 1. The van der Waals surface area contributed by atoms with Gasteiger partial charge in [0.25, 0.3) is 0 Å². The van der Waals surface area contributed by atoms with Crippen LogP contribution in [-0.4, -0.2) is 11.8 Å². The Bertz CT molecular complexity index is 489. The maximum absolute atomic E-state index is 12.9. The van der Waals surface area contributed by atoms with E-state index in [1.54, 1.807) is 12.7 Å². The molecule has 0 amide bonds. The monoisotopic (exact) mass is 243 g/mol. The van der Waals surface area contributed by atoms with Crippen molar-refractivity contribution in [2.75, 3.05) is 6.66 Å². The van der Waals surface area contributed by atoms with Crippen LogP contribution >= 0.6 is 8.30 Å². The summed E-state index contributed by atoms with van der Waals surface area (Å²) in [6.45, 7) is 2.13. The number of hydrogen-bond donors (Lipinski definition) is 2. The molecule has 7 heteroatoms. The van der Waals surface area contributed by atoms with Gasteiger partial charge in [-0.05, 0) is 18.8 Å². The Morgan fingerprint density at radius 3 is 3.19 bits per heavy atom. The molecule has 0 saturated carbocycles. The number of nitrogens with two attached hydrogens (primary N) is 1. The summed E-state index contributed by atoms with van der Waals surface area (Å²) in [5.74, 6) is -0.349. The number of nitrogens with one attached hydrogen (secondary N) is 1. The maximum Gasteiger partial charge on any atom is 0.170 e.